The van der Waals surface area contributed by atoms with Crippen molar-refractivity contribution in [2.75, 3.05) is 0 Å². The summed E-state index contributed by atoms with van der Waals surface area (Å²) in [5.41, 5.74) is 0.824. The van der Waals surface area contributed by atoms with Gasteiger partial charge < -0.3 is 9.84 Å². The Balaban J connectivity index is 2.28. The van der Waals surface area contributed by atoms with Gasteiger partial charge in [0.1, 0.15) is 11.5 Å². The van der Waals surface area contributed by atoms with Gasteiger partial charge in [-0.15, -0.1) is 0 Å². The Hall–Kier alpha value is -0.550. The molecule has 0 fully saturated rings. The lowest BCUT2D eigenvalue weighted by molar-refractivity contribution is 0.281. The minimum absolute atomic E-state index is 0.00349. The monoisotopic (exact) mass is 390 g/mol. The highest BCUT2D eigenvalue weighted by Gasteiger charge is 2.07. The molecule has 0 unspecified atom stereocenters. The molecule has 2 nitrogen and oxygen atoms in total. The van der Waals surface area contributed by atoms with E-state index >= 15 is 0 Å². The molecule has 0 heterocycles. The molecule has 0 saturated heterocycles. The Morgan fingerprint density at radius 3 is 2.17 bits per heavy atom. The van der Waals surface area contributed by atoms with Gasteiger partial charge in [0.25, 0.3) is 0 Å². The normalized spacial score (nSPS) is 10.4. The summed E-state index contributed by atoms with van der Waals surface area (Å²) in [5.74, 6) is 1.35. The summed E-state index contributed by atoms with van der Waals surface area (Å²) in [6.07, 6.45) is 0. The third kappa shape index (κ3) is 3.26. The second-order valence-corrected chi connectivity index (χ2v) is 5.74. The van der Waals surface area contributed by atoms with Crippen LogP contribution < -0.4 is 4.74 Å². The summed E-state index contributed by atoms with van der Waals surface area (Å²) in [7, 11) is 0. The lowest BCUT2D eigenvalue weighted by Gasteiger charge is -2.10. The van der Waals surface area contributed by atoms with Crippen molar-refractivity contribution in [1.82, 2.24) is 0 Å². The maximum Gasteiger partial charge on any atom is 0.141 e. The molecule has 5 heteroatoms. The molecule has 2 aromatic carbocycles. The topological polar surface area (TPSA) is 29.5 Å². The quantitative estimate of drug-likeness (QED) is 0.783. The van der Waals surface area contributed by atoms with Gasteiger partial charge in [-0.1, -0.05) is 17.7 Å². The fourth-order valence-electron chi connectivity index (χ4n) is 1.40. The van der Waals surface area contributed by atoms with Crippen molar-refractivity contribution in [3.05, 3.63) is 55.9 Å². The van der Waals surface area contributed by atoms with E-state index in [1.54, 1.807) is 24.3 Å². The SMILES string of the molecule is OCc1ccc(Oc2ccc(Cl)cc2Br)c(Br)c1. The van der Waals surface area contributed by atoms with Crippen LogP contribution in [0.3, 0.4) is 0 Å². The van der Waals surface area contributed by atoms with Gasteiger partial charge in [-0.05, 0) is 67.8 Å². The van der Waals surface area contributed by atoms with E-state index in [2.05, 4.69) is 31.9 Å². The highest BCUT2D eigenvalue weighted by molar-refractivity contribution is 9.11. The van der Waals surface area contributed by atoms with Crippen molar-refractivity contribution in [2.45, 2.75) is 6.61 Å². The summed E-state index contributed by atoms with van der Waals surface area (Å²) in [4.78, 5) is 0. The predicted octanol–water partition coefficient (Wildman–Crippen LogP) is 5.15. The van der Waals surface area contributed by atoms with E-state index < -0.39 is 0 Å². The number of halogens is 3. The van der Waals surface area contributed by atoms with Gasteiger partial charge in [0.05, 0.1) is 15.6 Å². The van der Waals surface area contributed by atoms with E-state index in [1.807, 2.05) is 12.1 Å². The summed E-state index contributed by atoms with van der Waals surface area (Å²) < 4.78 is 7.33. The number of hydrogen-bond acceptors (Lipinski definition) is 2. The number of benzene rings is 2. The molecule has 0 atom stereocenters. The molecule has 94 valence electrons. The van der Waals surface area contributed by atoms with Crippen molar-refractivity contribution < 1.29 is 9.84 Å². The molecule has 0 amide bonds. The van der Waals surface area contributed by atoms with Crippen LogP contribution in [0, 0.1) is 0 Å². The zero-order valence-corrected chi connectivity index (χ0v) is 13.1. The summed E-state index contributed by atoms with van der Waals surface area (Å²) in [6, 6.07) is 10.8. The van der Waals surface area contributed by atoms with Crippen molar-refractivity contribution in [1.29, 1.82) is 0 Å². The van der Waals surface area contributed by atoms with Crippen LogP contribution in [0.1, 0.15) is 5.56 Å². The highest BCUT2D eigenvalue weighted by atomic mass is 79.9. The van der Waals surface area contributed by atoms with Crippen molar-refractivity contribution in [3.8, 4) is 11.5 Å². The number of ether oxygens (including phenoxy) is 1. The van der Waals surface area contributed by atoms with Crippen LogP contribution in [-0.4, -0.2) is 5.11 Å². The summed E-state index contributed by atoms with van der Waals surface area (Å²) in [5, 5.41) is 9.68. The third-order valence-electron chi connectivity index (χ3n) is 2.29. The van der Waals surface area contributed by atoms with Crippen molar-refractivity contribution >= 4 is 43.5 Å². The summed E-state index contributed by atoms with van der Waals surface area (Å²) >= 11 is 12.7. The van der Waals surface area contributed by atoms with Gasteiger partial charge in [-0.2, -0.15) is 0 Å². The lowest BCUT2D eigenvalue weighted by atomic mass is 10.2. The molecule has 2 aromatic rings. The van der Waals surface area contributed by atoms with E-state index in [1.165, 1.54) is 0 Å². The third-order valence-corrected chi connectivity index (χ3v) is 3.77. The average Bonchev–Trinajstić information content (AvgIpc) is 2.34. The van der Waals surface area contributed by atoms with Gasteiger partial charge in [-0.3, -0.25) is 0 Å². The predicted molar refractivity (Wildman–Crippen MR) is 79.3 cm³/mol. The molecular weight excluding hydrogens is 383 g/mol. The number of aliphatic hydroxyl groups is 1. The summed E-state index contributed by atoms with van der Waals surface area (Å²) in [6.45, 7) is 0.00349. The molecule has 0 aliphatic heterocycles. The van der Waals surface area contributed by atoms with Gasteiger partial charge in [0.2, 0.25) is 0 Å². The van der Waals surface area contributed by atoms with E-state index in [0.29, 0.717) is 16.5 Å². The first-order valence-electron chi connectivity index (χ1n) is 5.12. The molecule has 0 aliphatic carbocycles. The Labute approximate surface area is 127 Å². The van der Waals surface area contributed by atoms with Crippen LogP contribution in [-0.2, 0) is 6.61 Å². The smallest absolute Gasteiger partial charge is 0.141 e. The first-order valence-corrected chi connectivity index (χ1v) is 7.09. The highest BCUT2D eigenvalue weighted by Crippen LogP contribution is 2.35. The van der Waals surface area contributed by atoms with Gasteiger partial charge in [0.15, 0.2) is 0 Å². The number of rotatable bonds is 3. The molecular formula is C13H9Br2ClO2. The maximum atomic E-state index is 9.03. The van der Waals surface area contributed by atoms with E-state index in [9.17, 15) is 0 Å². The minimum Gasteiger partial charge on any atom is -0.455 e. The first kappa shape index (κ1) is 13.9. The molecule has 0 bridgehead atoms. The molecule has 18 heavy (non-hydrogen) atoms. The number of aliphatic hydroxyl groups excluding tert-OH is 1. The first-order chi connectivity index (χ1) is 8.60. The Morgan fingerprint density at radius 1 is 1.00 bits per heavy atom. The van der Waals surface area contributed by atoms with Gasteiger partial charge in [0, 0.05) is 5.02 Å². The van der Waals surface area contributed by atoms with Crippen LogP contribution >= 0.6 is 43.5 Å². The van der Waals surface area contributed by atoms with Crippen LogP contribution in [0.25, 0.3) is 0 Å². The molecule has 0 aliphatic rings. The molecule has 2 rings (SSSR count). The van der Waals surface area contributed by atoms with Crippen molar-refractivity contribution in [2.24, 2.45) is 0 Å². The standard InChI is InChI=1S/C13H9Br2ClO2/c14-10-5-8(7-17)1-3-12(10)18-13-4-2-9(16)6-11(13)15/h1-6,17H,7H2. The largest absolute Gasteiger partial charge is 0.455 e. The lowest BCUT2D eigenvalue weighted by Crippen LogP contribution is -1.89. The van der Waals surface area contributed by atoms with Gasteiger partial charge >= 0.3 is 0 Å². The number of hydrogen-bond donors (Lipinski definition) is 1. The van der Waals surface area contributed by atoms with Crippen LogP contribution in [0.4, 0.5) is 0 Å². The second kappa shape index (κ2) is 6.06. The fourth-order valence-corrected chi connectivity index (χ4v) is 2.67. The molecule has 0 aromatic heterocycles. The van der Waals surface area contributed by atoms with E-state index in [0.717, 1.165) is 14.5 Å². The Morgan fingerprint density at radius 2 is 1.61 bits per heavy atom. The van der Waals surface area contributed by atoms with Crippen LogP contribution in [0.2, 0.25) is 5.02 Å². The van der Waals surface area contributed by atoms with Crippen LogP contribution in [0.5, 0.6) is 11.5 Å². The Bertz CT molecular complexity index is 573. The molecule has 0 saturated carbocycles. The molecule has 1 N–H and O–H groups in total. The zero-order valence-electron chi connectivity index (χ0n) is 9.16. The molecule has 0 spiro atoms. The fraction of sp³-hybridized carbons (Fsp3) is 0.0769. The van der Waals surface area contributed by atoms with E-state index in [4.69, 9.17) is 21.4 Å². The van der Waals surface area contributed by atoms with Gasteiger partial charge in [-0.25, -0.2) is 0 Å². The zero-order chi connectivity index (χ0) is 13.1. The minimum atomic E-state index is 0.00349. The Kier molecular flexibility index (Phi) is 4.67. The molecule has 0 radical (unpaired) electrons. The van der Waals surface area contributed by atoms with E-state index in [-0.39, 0.29) is 6.61 Å². The van der Waals surface area contributed by atoms with Crippen molar-refractivity contribution in [3.63, 3.8) is 0 Å². The average molecular weight is 392 g/mol. The second-order valence-electron chi connectivity index (χ2n) is 3.60. The maximum absolute atomic E-state index is 9.03. The van der Waals surface area contributed by atoms with Crippen LogP contribution in [0.15, 0.2) is 45.3 Å².